The van der Waals surface area contributed by atoms with E-state index in [1.165, 1.54) is 4.90 Å². The molecule has 2 N–H and O–H groups in total. The summed E-state index contributed by atoms with van der Waals surface area (Å²) < 4.78 is 35.4. The zero-order valence-electron chi connectivity index (χ0n) is 9.37. The Morgan fingerprint density at radius 3 is 2.50 bits per heavy atom. The highest BCUT2D eigenvalue weighted by Gasteiger charge is 2.33. The van der Waals surface area contributed by atoms with Crippen molar-refractivity contribution in [2.24, 2.45) is 0 Å². The fourth-order valence-corrected chi connectivity index (χ4v) is 1.73. The minimum absolute atomic E-state index is 0. The van der Waals surface area contributed by atoms with Crippen molar-refractivity contribution in [2.45, 2.75) is 25.1 Å². The van der Waals surface area contributed by atoms with E-state index in [4.69, 9.17) is 5.11 Å². The lowest BCUT2D eigenvalue weighted by atomic mass is 10.2. The summed E-state index contributed by atoms with van der Waals surface area (Å²) in [5.74, 6) is -1.86. The Morgan fingerprint density at radius 1 is 1.39 bits per heavy atom. The van der Waals surface area contributed by atoms with Crippen LogP contribution in [-0.2, 0) is 9.59 Å². The van der Waals surface area contributed by atoms with E-state index in [0.717, 1.165) is 0 Å². The third-order valence-corrected chi connectivity index (χ3v) is 2.48. The van der Waals surface area contributed by atoms with Crippen LogP contribution in [0.3, 0.4) is 0 Å². The quantitative estimate of drug-likeness (QED) is 0.797. The number of hydrogen-bond donors (Lipinski definition) is 2. The largest absolute Gasteiger partial charge is 0.480 e. The molecule has 1 aliphatic rings. The molecule has 1 rings (SSSR count). The molecular weight excluding hydrogens is 277 g/mol. The normalized spacial score (nSPS) is 20.3. The summed E-state index contributed by atoms with van der Waals surface area (Å²) in [6, 6.07) is -0.772. The first-order chi connectivity index (χ1) is 7.79. The van der Waals surface area contributed by atoms with Gasteiger partial charge in [-0.15, -0.1) is 12.4 Å². The van der Waals surface area contributed by atoms with E-state index in [-0.39, 0.29) is 19.0 Å². The molecule has 0 unspecified atom stereocenters. The first-order valence-corrected chi connectivity index (χ1v) is 5.10. The molecule has 0 aromatic rings. The molecule has 0 aromatic carbocycles. The molecule has 0 radical (unpaired) electrons. The predicted molar refractivity (Wildman–Crippen MR) is 58.5 cm³/mol. The van der Waals surface area contributed by atoms with Crippen molar-refractivity contribution in [2.75, 3.05) is 19.6 Å². The van der Waals surface area contributed by atoms with Crippen LogP contribution in [0.2, 0.25) is 0 Å². The Morgan fingerprint density at radius 2 is 2.00 bits per heavy atom. The number of rotatable bonds is 4. The second-order valence-electron chi connectivity index (χ2n) is 3.86. The summed E-state index contributed by atoms with van der Waals surface area (Å²) in [5, 5.41) is 10.5. The number of nitrogens with zero attached hydrogens (tertiary/aromatic N) is 1. The van der Waals surface area contributed by atoms with Gasteiger partial charge in [0, 0.05) is 0 Å². The van der Waals surface area contributed by atoms with Crippen molar-refractivity contribution in [1.29, 1.82) is 0 Å². The first kappa shape index (κ1) is 17.0. The first-order valence-electron chi connectivity index (χ1n) is 5.10. The molecule has 106 valence electrons. The van der Waals surface area contributed by atoms with Crippen LogP contribution in [0.5, 0.6) is 0 Å². The number of carbonyl (C=O) groups excluding carboxylic acids is 1. The van der Waals surface area contributed by atoms with E-state index in [0.29, 0.717) is 19.4 Å². The molecule has 0 bridgehead atoms. The molecule has 9 heteroatoms. The molecule has 5 nitrogen and oxygen atoms in total. The number of aliphatic carboxylic acids is 1. The van der Waals surface area contributed by atoms with Crippen LogP contribution >= 0.6 is 12.4 Å². The zero-order chi connectivity index (χ0) is 13.1. The minimum Gasteiger partial charge on any atom is -0.480 e. The van der Waals surface area contributed by atoms with E-state index in [1.54, 1.807) is 5.32 Å². The summed E-state index contributed by atoms with van der Waals surface area (Å²) in [5.41, 5.74) is 0. The molecule has 1 aliphatic heterocycles. The summed E-state index contributed by atoms with van der Waals surface area (Å²) in [6.07, 6.45) is -3.40. The Kier molecular flexibility index (Phi) is 6.41. The summed E-state index contributed by atoms with van der Waals surface area (Å²) >= 11 is 0. The third-order valence-electron chi connectivity index (χ3n) is 2.48. The van der Waals surface area contributed by atoms with E-state index in [9.17, 15) is 22.8 Å². The average Bonchev–Trinajstić information content (AvgIpc) is 2.62. The van der Waals surface area contributed by atoms with E-state index < -0.39 is 30.6 Å². The SMILES string of the molecule is Cl.O=C(CN1CCC[C@H]1C(=O)O)NCC(F)(F)F. The standard InChI is InChI=1S/C9H13F3N2O3.ClH/c10-9(11,12)5-13-7(15)4-14-3-1-2-6(14)8(16)17;/h6H,1-5H2,(H,13,15)(H,16,17);1H/t6-;/m0./s1. The van der Waals surface area contributed by atoms with Gasteiger partial charge < -0.3 is 10.4 Å². The van der Waals surface area contributed by atoms with E-state index in [1.807, 2.05) is 0 Å². The van der Waals surface area contributed by atoms with Gasteiger partial charge in [0.1, 0.15) is 12.6 Å². The number of carbonyl (C=O) groups is 2. The highest BCUT2D eigenvalue weighted by atomic mass is 35.5. The molecule has 0 spiro atoms. The lowest BCUT2D eigenvalue weighted by Gasteiger charge is -2.20. The van der Waals surface area contributed by atoms with Gasteiger partial charge in [-0.2, -0.15) is 13.2 Å². The van der Waals surface area contributed by atoms with Gasteiger partial charge in [0.15, 0.2) is 0 Å². The van der Waals surface area contributed by atoms with Gasteiger partial charge >= 0.3 is 12.1 Å². The number of nitrogens with one attached hydrogen (secondary N) is 1. The second kappa shape index (κ2) is 6.79. The smallest absolute Gasteiger partial charge is 0.405 e. The lowest BCUT2D eigenvalue weighted by Crippen LogP contribution is -2.44. The van der Waals surface area contributed by atoms with Crippen LogP contribution in [0.15, 0.2) is 0 Å². The van der Waals surface area contributed by atoms with Crippen LogP contribution in [0, 0.1) is 0 Å². The molecule has 1 amide bonds. The van der Waals surface area contributed by atoms with Crippen molar-refractivity contribution in [3.63, 3.8) is 0 Å². The van der Waals surface area contributed by atoms with Gasteiger partial charge in [0.05, 0.1) is 6.54 Å². The average molecular weight is 291 g/mol. The number of alkyl halides is 3. The maximum atomic E-state index is 11.8. The van der Waals surface area contributed by atoms with Crippen molar-refractivity contribution >= 4 is 24.3 Å². The Hall–Kier alpha value is -1.02. The second-order valence-corrected chi connectivity index (χ2v) is 3.86. The summed E-state index contributed by atoms with van der Waals surface area (Å²) in [7, 11) is 0. The van der Waals surface area contributed by atoms with Crippen molar-refractivity contribution < 1.29 is 27.9 Å². The molecule has 1 heterocycles. The van der Waals surface area contributed by atoms with E-state index >= 15 is 0 Å². The number of carboxylic acid groups (broad SMARTS) is 1. The molecule has 1 atom stereocenters. The summed E-state index contributed by atoms with van der Waals surface area (Å²) in [4.78, 5) is 23.3. The van der Waals surface area contributed by atoms with Crippen LogP contribution in [0.1, 0.15) is 12.8 Å². The Bertz CT molecular complexity index is 312. The number of hydrogen-bond acceptors (Lipinski definition) is 3. The fraction of sp³-hybridized carbons (Fsp3) is 0.778. The molecule has 18 heavy (non-hydrogen) atoms. The van der Waals surface area contributed by atoms with E-state index in [2.05, 4.69) is 0 Å². The van der Waals surface area contributed by atoms with Crippen molar-refractivity contribution in [3.8, 4) is 0 Å². The van der Waals surface area contributed by atoms with Gasteiger partial charge in [-0.05, 0) is 19.4 Å². The molecule has 1 saturated heterocycles. The molecular formula is C9H14ClF3N2O3. The lowest BCUT2D eigenvalue weighted by molar-refractivity contribution is -0.144. The monoisotopic (exact) mass is 290 g/mol. The Balaban J connectivity index is 0.00000289. The summed E-state index contributed by atoms with van der Waals surface area (Å²) in [6.45, 7) is -1.29. The van der Waals surface area contributed by atoms with Crippen molar-refractivity contribution in [3.05, 3.63) is 0 Å². The van der Waals surface area contributed by atoms with Crippen LogP contribution in [0.4, 0.5) is 13.2 Å². The minimum atomic E-state index is -4.45. The van der Waals surface area contributed by atoms with Gasteiger partial charge in [0.2, 0.25) is 5.91 Å². The number of amides is 1. The maximum absolute atomic E-state index is 11.8. The van der Waals surface area contributed by atoms with Crippen LogP contribution < -0.4 is 5.32 Å². The number of carboxylic acids is 1. The van der Waals surface area contributed by atoms with Crippen LogP contribution in [-0.4, -0.2) is 53.7 Å². The highest BCUT2D eigenvalue weighted by molar-refractivity contribution is 5.85. The molecule has 0 aliphatic carbocycles. The van der Waals surface area contributed by atoms with Gasteiger partial charge in [-0.3, -0.25) is 14.5 Å². The molecule has 0 saturated carbocycles. The molecule has 1 fully saturated rings. The Labute approximate surface area is 108 Å². The van der Waals surface area contributed by atoms with Crippen LogP contribution in [0.25, 0.3) is 0 Å². The maximum Gasteiger partial charge on any atom is 0.405 e. The predicted octanol–water partition coefficient (Wildman–Crippen LogP) is 0.636. The van der Waals surface area contributed by atoms with Gasteiger partial charge in [0.25, 0.3) is 0 Å². The topological polar surface area (TPSA) is 69.6 Å². The third kappa shape index (κ3) is 5.54. The van der Waals surface area contributed by atoms with Crippen molar-refractivity contribution in [1.82, 2.24) is 10.2 Å². The number of halogens is 4. The molecule has 0 aromatic heterocycles. The highest BCUT2D eigenvalue weighted by Crippen LogP contribution is 2.17. The fourth-order valence-electron chi connectivity index (χ4n) is 1.73. The zero-order valence-corrected chi connectivity index (χ0v) is 10.2. The van der Waals surface area contributed by atoms with Gasteiger partial charge in [-0.1, -0.05) is 0 Å². The van der Waals surface area contributed by atoms with Gasteiger partial charge in [-0.25, -0.2) is 0 Å². The number of likely N-dealkylation sites (tertiary alicyclic amines) is 1.